The van der Waals surface area contributed by atoms with E-state index in [1.807, 2.05) is 0 Å². The number of nitrogens with one attached hydrogen (secondary N) is 1. The smallest absolute Gasteiger partial charge is 0.305 e. The van der Waals surface area contributed by atoms with Gasteiger partial charge in [0.05, 0.1) is 25.4 Å². The van der Waals surface area contributed by atoms with Gasteiger partial charge in [-0.05, 0) is 83.5 Å². The summed E-state index contributed by atoms with van der Waals surface area (Å²) in [6.45, 7) is 4.79. The normalized spacial score (nSPS) is 13.1. The number of carbonyl (C=O) groups excluding carboxylic acids is 2. The van der Waals surface area contributed by atoms with Crippen LogP contribution in [0.3, 0.4) is 0 Å². The number of aliphatic hydroxyl groups is 2. The van der Waals surface area contributed by atoms with Crippen LogP contribution in [-0.2, 0) is 14.3 Å². The Labute approximate surface area is 346 Å². The summed E-state index contributed by atoms with van der Waals surface area (Å²) < 4.78 is 5.42. The van der Waals surface area contributed by atoms with Crippen molar-refractivity contribution in [2.24, 2.45) is 0 Å². The molecule has 326 valence electrons. The topological polar surface area (TPSA) is 95.9 Å². The van der Waals surface area contributed by atoms with E-state index in [4.69, 9.17) is 4.74 Å². The van der Waals surface area contributed by atoms with E-state index in [-0.39, 0.29) is 18.5 Å². The van der Waals surface area contributed by atoms with Crippen LogP contribution in [0, 0.1) is 0 Å². The van der Waals surface area contributed by atoms with Gasteiger partial charge in [0.25, 0.3) is 0 Å². The number of rotatable bonds is 43. The highest BCUT2D eigenvalue weighted by molar-refractivity contribution is 5.76. The van der Waals surface area contributed by atoms with Crippen molar-refractivity contribution in [1.82, 2.24) is 5.32 Å². The van der Waals surface area contributed by atoms with Crippen molar-refractivity contribution in [2.75, 3.05) is 13.2 Å². The first-order valence-electron chi connectivity index (χ1n) is 23.9. The number of allylic oxidation sites excluding steroid dienone is 8. The first-order valence-corrected chi connectivity index (χ1v) is 23.9. The first kappa shape index (κ1) is 53.8. The predicted molar refractivity (Wildman–Crippen MR) is 241 cm³/mol. The van der Waals surface area contributed by atoms with Crippen LogP contribution in [0.2, 0.25) is 0 Å². The zero-order valence-corrected chi connectivity index (χ0v) is 36.8. The van der Waals surface area contributed by atoms with Crippen LogP contribution in [0.5, 0.6) is 0 Å². The second-order valence-electron chi connectivity index (χ2n) is 16.1. The molecule has 0 saturated carbocycles. The highest BCUT2D eigenvalue weighted by atomic mass is 16.5. The fourth-order valence-electron chi connectivity index (χ4n) is 6.90. The molecule has 6 nitrogen and oxygen atoms in total. The van der Waals surface area contributed by atoms with E-state index in [2.05, 4.69) is 67.8 Å². The number of hydrogen-bond acceptors (Lipinski definition) is 5. The van der Waals surface area contributed by atoms with Gasteiger partial charge in [-0.1, -0.05) is 184 Å². The molecule has 0 rings (SSSR count). The van der Waals surface area contributed by atoms with Gasteiger partial charge >= 0.3 is 5.97 Å². The second-order valence-corrected chi connectivity index (χ2v) is 16.1. The van der Waals surface area contributed by atoms with Crippen LogP contribution in [0.1, 0.15) is 232 Å². The van der Waals surface area contributed by atoms with Crippen LogP contribution in [-0.4, -0.2) is 47.4 Å². The van der Waals surface area contributed by atoms with E-state index in [0.717, 1.165) is 89.9 Å². The van der Waals surface area contributed by atoms with E-state index >= 15 is 0 Å². The summed E-state index contributed by atoms with van der Waals surface area (Å²) in [7, 11) is 0. The Hall–Kier alpha value is -2.18. The molecule has 0 spiro atoms. The molecule has 56 heavy (non-hydrogen) atoms. The molecule has 0 saturated heterocycles. The molecule has 0 fully saturated rings. The Balaban J connectivity index is 3.55. The van der Waals surface area contributed by atoms with Gasteiger partial charge in [0, 0.05) is 12.8 Å². The first-order chi connectivity index (χ1) is 27.5. The lowest BCUT2D eigenvalue weighted by Crippen LogP contribution is -2.45. The molecule has 0 heterocycles. The van der Waals surface area contributed by atoms with Crippen molar-refractivity contribution in [1.29, 1.82) is 0 Å². The van der Waals surface area contributed by atoms with Crippen LogP contribution in [0.25, 0.3) is 0 Å². The van der Waals surface area contributed by atoms with Gasteiger partial charge in [0.2, 0.25) is 5.91 Å². The maximum Gasteiger partial charge on any atom is 0.305 e. The molecule has 0 aliphatic carbocycles. The quantitative estimate of drug-likeness (QED) is 0.0248. The maximum absolute atomic E-state index is 12.4. The Kier molecular flexibility index (Phi) is 43.7. The highest BCUT2D eigenvalue weighted by Gasteiger charge is 2.20. The van der Waals surface area contributed by atoms with Crippen LogP contribution >= 0.6 is 0 Å². The van der Waals surface area contributed by atoms with E-state index in [1.165, 1.54) is 109 Å². The van der Waals surface area contributed by atoms with Crippen LogP contribution in [0.15, 0.2) is 48.6 Å². The third kappa shape index (κ3) is 41.5. The Morgan fingerprint density at radius 2 is 0.982 bits per heavy atom. The summed E-state index contributed by atoms with van der Waals surface area (Å²) in [5.41, 5.74) is 0. The molecule has 0 aromatic heterocycles. The number of aliphatic hydroxyl groups excluding tert-OH is 2. The van der Waals surface area contributed by atoms with Crippen LogP contribution in [0.4, 0.5) is 0 Å². The summed E-state index contributed by atoms with van der Waals surface area (Å²) >= 11 is 0. The lowest BCUT2D eigenvalue weighted by atomic mass is 10.0. The second kappa shape index (κ2) is 45.5. The van der Waals surface area contributed by atoms with Gasteiger partial charge in [0.1, 0.15) is 0 Å². The standard InChI is InChI=1S/C50H91NO5/c1-3-5-7-9-11-13-15-19-24-28-32-36-40-44-50(55)56-45-41-37-33-29-25-21-18-16-17-20-23-27-31-35-39-43-49(54)51-47(46-52)48(53)42-38-34-30-26-22-14-12-10-8-6-4-2/h7,9,13,15-16,18,21,25,47-48,52-53H,3-6,8,10-12,14,17,19-20,22-24,26-46H2,1-2H3,(H,51,54)/b9-7-,15-13-,18-16-,25-21-. The van der Waals surface area contributed by atoms with Crippen LogP contribution < -0.4 is 5.32 Å². The maximum atomic E-state index is 12.4. The lowest BCUT2D eigenvalue weighted by Gasteiger charge is -2.22. The number of hydrogen-bond donors (Lipinski definition) is 3. The molecule has 6 heteroatoms. The summed E-state index contributed by atoms with van der Waals surface area (Å²) in [6, 6.07) is -0.558. The van der Waals surface area contributed by atoms with Gasteiger partial charge in [-0.25, -0.2) is 0 Å². The molecule has 2 unspecified atom stereocenters. The Bertz CT molecular complexity index is 957. The molecule has 2 atom stereocenters. The minimum Gasteiger partial charge on any atom is -0.466 e. The van der Waals surface area contributed by atoms with Crippen molar-refractivity contribution >= 4 is 11.9 Å². The molecule has 0 aliphatic heterocycles. The fourth-order valence-corrected chi connectivity index (χ4v) is 6.90. The Morgan fingerprint density at radius 3 is 1.54 bits per heavy atom. The Morgan fingerprint density at radius 1 is 0.518 bits per heavy atom. The SMILES string of the molecule is CCC/C=C\C/C=C\CCCCCCCC(=O)OCCCCC/C=C\C=C/CCCCCCCCC(=O)NC(CO)C(O)CCCCCCCCCCCCC. The number of amides is 1. The van der Waals surface area contributed by atoms with Crippen molar-refractivity contribution in [2.45, 2.75) is 244 Å². The fraction of sp³-hybridized carbons (Fsp3) is 0.800. The summed E-state index contributed by atoms with van der Waals surface area (Å²) in [5.74, 6) is -0.0995. The van der Waals surface area contributed by atoms with Crippen molar-refractivity contribution < 1.29 is 24.5 Å². The van der Waals surface area contributed by atoms with Crippen molar-refractivity contribution in [3.63, 3.8) is 0 Å². The average Bonchev–Trinajstić information content (AvgIpc) is 3.20. The van der Waals surface area contributed by atoms with Gasteiger partial charge in [-0.15, -0.1) is 0 Å². The molecule has 0 bridgehead atoms. The number of esters is 1. The number of unbranched alkanes of at least 4 members (excludes halogenated alkanes) is 25. The molecule has 3 N–H and O–H groups in total. The lowest BCUT2D eigenvalue weighted by molar-refractivity contribution is -0.143. The molecule has 0 aromatic carbocycles. The third-order valence-electron chi connectivity index (χ3n) is 10.6. The zero-order valence-electron chi connectivity index (χ0n) is 36.8. The predicted octanol–water partition coefficient (Wildman–Crippen LogP) is 13.9. The number of carbonyl (C=O) groups is 2. The molecule has 0 aliphatic rings. The van der Waals surface area contributed by atoms with Crippen molar-refractivity contribution in [3.05, 3.63) is 48.6 Å². The van der Waals surface area contributed by atoms with Gasteiger partial charge in [-0.2, -0.15) is 0 Å². The highest BCUT2D eigenvalue weighted by Crippen LogP contribution is 2.15. The molecule has 0 radical (unpaired) electrons. The minimum atomic E-state index is -0.678. The molecular formula is C50H91NO5. The summed E-state index contributed by atoms with van der Waals surface area (Å²) in [5, 5.41) is 23.1. The molecule has 1 amide bonds. The summed E-state index contributed by atoms with van der Waals surface area (Å²) in [4.78, 5) is 24.4. The average molecular weight is 786 g/mol. The largest absolute Gasteiger partial charge is 0.466 e. The van der Waals surface area contributed by atoms with E-state index < -0.39 is 12.1 Å². The van der Waals surface area contributed by atoms with E-state index in [0.29, 0.717) is 25.9 Å². The molecule has 0 aromatic rings. The monoisotopic (exact) mass is 786 g/mol. The zero-order chi connectivity index (χ0) is 40.8. The van der Waals surface area contributed by atoms with Gasteiger partial charge < -0.3 is 20.3 Å². The van der Waals surface area contributed by atoms with E-state index in [1.54, 1.807) is 0 Å². The van der Waals surface area contributed by atoms with E-state index in [9.17, 15) is 19.8 Å². The number of ether oxygens (including phenoxy) is 1. The van der Waals surface area contributed by atoms with Crippen molar-refractivity contribution in [3.8, 4) is 0 Å². The summed E-state index contributed by atoms with van der Waals surface area (Å²) in [6.07, 6.45) is 55.0. The van der Waals surface area contributed by atoms with Gasteiger partial charge in [-0.3, -0.25) is 9.59 Å². The third-order valence-corrected chi connectivity index (χ3v) is 10.6. The van der Waals surface area contributed by atoms with Gasteiger partial charge in [0.15, 0.2) is 0 Å². The molecular weight excluding hydrogens is 695 g/mol. The minimum absolute atomic E-state index is 0.0383.